The smallest absolute Gasteiger partial charge is 0.265 e. The molecule has 0 aliphatic rings. The quantitative estimate of drug-likeness (QED) is 0.188. The first kappa shape index (κ1) is 26.1. The molecule has 0 aliphatic heterocycles. The summed E-state index contributed by atoms with van der Waals surface area (Å²) < 4.78 is 6.27. The van der Waals surface area contributed by atoms with Gasteiger partial charge >= 0.3 is 0 Å². The molecule has 5 heteroatoms. The summed E-state index contributed by atoms with van der Waals surface area (Å²) in [4.78, 5) is 19.0. The SMILES string of the molecule is CCCCCCCC(Oc1ccc(CCCC)cc1)C(=O)Nc1c(SC)ccc2ncccc12. The highest BCUT2D eigenvalue weighted by Gasteiger charge is 2.22. The van der Waals surface area contributed by atoms with Crippen molar-refractivity contribution in [3.05, 3.63) is 60.3 Å². The van der Waals surface area contributed by atoms with E-state index in [1.54, 1.807) is 18.0 Å². The van der Waals surface area contributed by atoms with E-state index in [0.29, 0.717) is 6.42 Å². The number of amides is 1. The molecule has 0 saturated heterocycles. The molecule has 1 amide bonds. The summed E-state index contributed by atoms with van der Waals surface area (Å²) in [5.74, 6) is 0.649. The Morgan fingerprint density at radius 2 is 1.74 bits per heavy atom. The molecule has 1 N–H and O–H groups in total. The van der Waals surface area contributed by atoms with Crippen LogP contribution in [0.4, 0.5) is 5.69 Å². The minimum absolute atomic E-state index is 0.0998. The van der Waals surface area contributed by atoms with Gasteiger partial charge in [0.25, 0.3) is 5.91 Å². The van der Waals surface area contributed by atoms with Gasteiger partial charge in [-0.25, -0.2) is 0 Å². The molecule has 1 heterocycles. The number of carbonyl (C=O) groups is 1. The summed E-state index contributed by atoms with van der Waals surface area (Å²) in [5, 5.41) is 4.14. The minimum Gasteiger partial charge on any atom is -0.481 e. The third kappa shape index (κ3) is 7.49. The molecule has 0 radical (unpaired) electrons. The van der Waals surface area contributed by atoms with E-state index in [2.05, 4.69) is 36.3 Å². The Bertz CT molecular complexity index is 1040. The number of fused-ring (bicyclic) bond motifs is 1. The Morgan fingerprint density at radius 1 is 0.971 bits per heavy atom. The normalized spacial score (nSPS) is 12.0. The maximum Gasteiger partial charge on any atom is 0.265 e. The molecule has 3 aromatic rings. The second kappa shape index (κ2) is 14.0. The van der Waals surface area contributed by atoms with Gasteiger partial charge in [-0.3, -0.25) is 9.78 Å². The van der Waals surface area contributed by atoms with E-state index >= 15 is 0 Å². The van der Waals surface area contributed by atoms with Gasteiger partial charge in [-0.05, 0) is 73.9 Å². The topological polar surface area (TPSA) is 51.2 Å². The van der Waals surface area contributed by atoms with Gasteiger partial charge in [0.15, 0.2) is 6.10 Å². The first-order valence-electron chi connectivity index (χ1n) is 12.6. The highest BCUT2D eigenvalue weighted by Crippen LogP contribution is 2.33. The van der Waals surface area contributed by atoms with E-state index in [0.717, 1.165) is 46.5 Å². The number of aryl methyl sites for hydroxylation is 1. The van der Waals surface area contributed by atoms with Gasteiger partial charge in [0.2, 0.25) is 0 Å². The van der Waals surface area contributed by atoms with E-state index in [-0.39, 0.29) is 5.91 Å². The minimum atomic E-state index is -0.537. The summed E-state index contributed by atoms with van der Waals surface area (Å²) >= 11 is 1.62. The Labute approximate surface area is 208 Å². The van der Waals surface area contributed by atoms with Crippen molar-refractivity contribution in [2.24, 2.45) is 0 Å². The Kier molecular flexibility index (Phi) is 10.7. The maximum absolute atomic E-state index is 13.5. The van der Waals surface area contributed by atoms with Crippen LogP contribution in [-0.2, 0) is 11.2 Å². The molecule has 1 aromatic heterocycles. The van der Waals surface area contributed by atoms with E-state index < -0.39 is 6.10 Å². The van der Waals surface area contributed by atoms with E-state index in [9.17, 15) is 4.79 Å². The summed E-state index contributed by atoms with van der Waals surface area (Å²) in [7, 11) is 0. The predicted octanol–water partition coefficient (Wildman–Crippen LogP) is 8.05. The molecule has 2 aromatic carbocycles. The second-order valence-electron chi connectivity index (χ2n) is 8.76. The molecule has 4 nitrogen and oxygen atoms in total. The van der Waals surface area contributed by atoms with Crippen LogP contribution in [-0.4, -0.2) is 23.3 Å². The Hall–Kier alpha value is -2.53. The number of nitrogens with one attached hydrogen (secondary N) is 1. The van der Waals surface area contributed by atoms with Crippen molar-refractivity contribution < 1.29 is 9.53 Å². The van der Waals surface area contributed by atoms with Crippen LogP contribution in [0.3, 0.4) is 0 Å². The lowest BCUT2D eigenvalue weighted by atomic mass is 10.1. The monoisotopic (exact) mass is 478 g/mol. The highest BCUT2D eigenvalue weighted by atomic mass is 32.2. The van der Waals surface area contributed by atoms with Gasteiger partial charge in [-0.15, -0.1) is 11.8 Å². The lowest BCUT2D eigenvalue weighted by Gasteiger charge is -2.21. The fourth-order valence-corrected chi connectivity index (χ4v) is 4.66. The molecule has 0 aliphatic carbocycles. The summed E-state index contributed by atoms with van der Waals surface area (Å²) in [6.45, 7) is 4.42. The Balaban J connectivity index is 1.77. The molecular weight excluding hydrogens is 440 g/mol. The highest BCUT2D eigenvalue weighted by molar-refractivity contribution is 7.98. The summed E-state index contributed by atoms with van der Waals surface area (Å²) in [5.41, 5.74) is 3.00. The lowest BCUT2D eigenvalue weighted by molar-refractivity contribution is -0.123. The Morgan fingerprint density at radius 3 is 2.47 bits per heavy atom. The predicted molar refractivity (Wildman–Crippen MR) is 145 cm³/mol. The fraction of sp³-hybridized carbons (Fsp3) is 0.448. The molecule has 0 fully saturated rings. The zero-order valence-corrected chi connectivity index (χ0v) is 21.6. The first-order chi connectivity index (χ1) is 16.7. The number of hydrogen-bond acceptors (Lipinski definition) is 4. The number of anilines is 1. The molecule has 0 saturated carbocycles. The van der Waals surface area contributed by atoms with Crippen LogP contribution in [0, 0.1) is 0 Å². The molecule has 0 bridgehead atoms. The number of ether oxygens (including phenoxy) is 1. The van der Waals surface area contributed by atoms with Gasteiger partial charge in [-0.1, -0.05) is 58.1 Å². The van der Waals surface area contributed by atoms with Crippen molar-refractivity contribution in [3.8, 4) is 5.75 Å². The molecule has 1 unspecified atom stereocenters. The third-order valence-electron chi connectivity index (χ3n) is 6.10. The number of pyridine rings is 1. The first-order valence-corrected chi connectivity index (χ1v) is 13.9. The van der Waals surface area contributed by atoms with Crippen LogP contribution in [0.2, 0.25) is 0 Å². The van der Waals surface area contributed by atoms with Crippen LogP contribution in [0.5, 0.6) is 5.75 Å². The van der Waals surface area contributed by atoms with Crippen molar-refractivity contribution >= 4 is 34.3 Å². The van der Waals surface area contributed by atoms with Crippen molar-refractivity contribution in [1.82, 2.24) is 4.98 Å². The van der Waals surface area contributed by atoms with Crippen LogP contribution in [0.1, 0.15) is 70.8 Å². The molecular formula is C29H38N2O2S. The molecule has 34 heavy (non-hydrogen) atoms. The number of aromatic nitrogens is 1. The van der Waals surface area contributed by atoms with Crippen LogP contribution >= 0.6 is 11.8 Å². The largest absolute Gasteiger partial charge is 0.481 e. The zero-order valence-electron chi connectivity index (χ0n) is 20.8. The molecule has 3 rings (SSSR count). The molecule has 182 valence electrons. The average Bonchev–Trinajstić information content (AvgIpc) is 2.87. The van der Waals surface area contributed by atoms with E-state index in [1.807, 2.05) is 42.7 Å². The number of nitrogens with zero attached hydrogens (tertiary/aromatic N) is 1. The standard InChI is InChI=1S/C29H38N2O2S/c1-4-6-8-9-10-14-26(33-23-17-15-22(16-18-23)12-7-5-2)29(32)31-28-24-13-11-21-30-25(24)19-20-27(28)34-3/h11,13,15-21,26H,4-10,12,14H2,1-3H3,(H,31,32). The number of rotatable bonds is 14. The average molecular weight is 479 g/mol. The lowest BCUT2D eigenvalue weighted by Crippen LogP contribution is -2.33. The number of thioether (sulfide) groups is 1. The zero-order chi connectivity index (χ0) is 24.2. The van der Waals surface area contributed by atoms with Crippen molar-refractivity contribution in [3.63, 3.8) is 0 Å². The second-order valence-corrected chi connectivity index (χ2v) is 9.61. The van der Waals surface area contributed by atoms with Gasteiger partial charge < -0.3 is 10.1 Å². The summed E-state index contributed by atoms with van der Waals surface area (Å²) in [6.07, 6.45) is 13.1. The third-order valence-corrected chi connectivity index (χ3v) is 6.88. The van der Waals surface area contributed by atoms with Gasteiger partial charge in [0.05, 0.1) is 11.2 Å². The number of carbonyl (C=O) groups excluding carboxylic acids is 1. The number of hydrogen-bond donors (Lipinski definition) is 1. The van der Waals surface area contributed by atoms with Gasteiger partial charge in [-0.2, -0.15) is 0 Å². The maximum atomic E-state index is 13.5. The summed E-state index contributed by atoms with van der Waals surface area (Å²) in [6, 6.07) is 16.2. The van der Waals surface area contributed by atoms with Crippen molar-refractivity contribution in [1.29, 1.82) is 0 Å². The van der Waals surface area contributed by atoms with E-state index in [4.69, 9.17) is 4.74 Å². The van der Waals surface area contributed by atoms with Crippen molar-refractivity contribution in [2.45, 2.75) is 82.6 Å². The van der Waals surface area contributed by atoms with Gasteiger partial charge in [0, 0.05) is 16.5 Å². The van der Waals surface area contributed by atoms with Gasteiger partial charge in [0.1, 0.15) is 5.75 Å². The molecule has 1 atom stereocenters. The number of unbranched alkanes of at least 4 members (excludes halogenated alkanes) is 5. The molecule has 0 spiro atoms. The van der Waals surface area contributed by atoms with Crippen molar-refractivity contribution in [2.75, 3.05) is 11.6 Å². The van der Waals surface area contributed by atoms with E-state index in [1.165, 1.54) is 37.7 Å². The van der Waals surface area contributed by atoms with Crippen LogP contribution in [0.15, 0.2) is 59.6 Å². The van der Waals surface area contributed by atoms with Crippen LogP contribution in [0.25, 0.3) is 10.9 Å². The number of benzene rings is 2. The van der Waals surface area contributed by atoms with Crippen LogP contribution < -0.4 is 10.1 Å². The fourth-order valence-electron chi connectivity index (χ4n) is 4.09.